The van der Waals surface area contributed by atoms with Crippen LogP contribution in [0.25, 0.3) is 0 Å². The van der Waals surface area contributed by atoms with E-state index in [1.807, 2.05) is 0 Å². The first-order valence-corrected chi connectivity index (χ1v) is 9.52. The van der Waals surface area contributed by atoms with E-state index in [0.29, 0.717) is 11.3 Å². The maximum atomic E-state index is 13.1. The molecule has 0 saturated heterocycles. The minimum atomic E-state index is -0.566. The SMILES string of the molecule is N#CC1(n2cc([C@@H](NC(=O)c3ccc(F)cc3)C3CCCCC3)nn2)CC1. The number of hydrogen-bond acceptors (Lipinski definition) is 4. The second-order valence-corrected chi connectivity index (χ2v) is 7.59. The van der Waals surface area contributed by atoms with Crippen molar-refractivity contribution in [2.45, 2.75) is 56.5 Å². The van der Waals surface area contributed by atoms with Crippen LogP contribution in [0.1, 0.15) is 67.0 Å². The summed E-state index contributed by atoms with van der Waals surface area (Å²) in [5, 5.41) is 20.9. The third kappa shape index (κ3) is 3.57. The second-order valence-electron chi connectivity index (χ2n) is 7.59. The highest BCUT2D eigenvalue weighted by Gasteiger charge is 2.47. The van der Waals surface area contributed by atoms with Gasteiger partial charge in [-0.05, 0) is 55.9 Å². The standard InChI is InChI=1S/C20H22FN5O/c21-16-8-6-15(7-9-16)19(27)23-18(14-4-2-1-3-5-14)17-12-26(25-24-17)20(13-22)10-11-20/h6-9,12,14,18H,1-5,10-11H2,(H,23,27)/t18-/m0/s1. The predicted molar refractivity (Wildman–Crippen MR) is 96.0 cm³/mol. The molecule has 2 fully saturated rings. The van der Waals surface area contributed by atoms with Crippen LogP contribution >= 0.6 is 0 Å². The summed E-state index contributed by atoms with van der Waals surface area (Å²) >= 11 is 0. The number of amides is 1. The van der Waals surface area contributed by atoms with E-state index in [0.717, 1.165) is 38.5 Å². The molecule has 0 spiro atoms. The number of rotatable bonds is 5. The molecule has 140 valence electrons. The molecule has 2 aliphatic carbocycles. The largest absolute Gasteiger partial charge is 0.343 e. The van der Waals surface area contributed by atoms with Crippen LogP contribution in [0.3, 0.4) is 0 Å². The van der Waals surface area contributed by atoms with E-state index in [1.54, 1.807) is 10.9 Å². The van der Waals surface area contributed by atoms with Crippen molar-refractivity contribution in [3.63, 3.8) is 0 Å². The first-order chi connectivity index (χ1) is 13.1. The molecule has 1 heterocycles. The van der Waals surface area contributed by atoms with Gasteiger partial charge in [0.05, 0.1) is 18.3 Å². The van der Waals surface area contributed by atoms with E-state index in [9.17, 15) is 14.4 Å². The van der Waals surface area contributed by atoms with Crippen molar-refractivity contribution in [3.8, 4) is 6.07 Å². The Balaban J connectivity index is 1.58. The van der Waals surface area contributed by atoms with Gasteiger partial charge in [-0.15, -0.1) is 5.10 Å². The van der Waals surface area contributed by atoms with Gasteiger partial charge in [-0.2, -0.15) is 5.26 Å². The third-order valence-electron chi connectivity index (χ3n) is 5.71. The highest BCUT2D eigenvalue weighted by molar-refractivity contribution is 5.94. The summed E-state index contributed by atoms with van der Waals surface area (Å²) in [6.45, 7) is 0. The molecule has 1 aromatic carbocycles. The van der Waals surface area contributed by atoms with Crippen molar-refractivity contribution in [1.29, 1.82) is 5.26 Å². The van der Waals surface area contributed by atoms with E-state index >= 15 is 0 Å². The molecule has 1 atom stereocenters. The highest BCUT2D eigenvalue weighted by Crippen LogP contribution is 2.42. The van der Waals surface area contributed by atoms with Gasteiger partial charge in [-0.1, -0.05) is 24.5 Å². The van der Waals surface area contributed by atoms with E-state index in [2.05, 4.69) is 21.7 Å². The predicted octanol–water partition coefficient (Wildman–Crippen LogP) is 3.48. The van der Waals surface area contributed by atoms with Crippen LogP contribution in [0.15, 0.2) is 30.5 Å². The van der Waals surface area contributed by atoms with Crippen molar-refractivity contribution in [3.05, 3.63) is 47.5 Å². The Bertz CT molecular complexity index is 859. The number of halogens is 1. The summed E-state index contributed by atoms with van der Waals surface area (Å²) in [7, 11) is 0. The lowest BCUT2D eigenvalue weighted by molar-refractivity contribution is 0.0911. The van der Waals surface area contributed by atoms with E-state index in [1.165, 1.54) is 30.7 Å². The fourth-order valence-electron chi connectivity index (χ4n) is 3.87. The number of hydrogen-bond donors (Lipinski definition) is 1. The number of aromatic nitrogens is 3. The number of carbonyl (C=O) groups is 1. The van der Waals surface area contributed by atoms with Gasteiger partial charge in [-0.3, -0.25) is 4.79 Å². The topological polar surface area (TPSA) is 83.6 Å². The van der Waals surface area contributed by atoms with Gasteiger partial charge in [0.25, 0.3) is 5.91 Å². The summed E-state index contributed by atoms with van der Waals surface area (Å²) in [6.07, 6.45) is 8.87. The van der Waals surface area contributed by atoms with Gasteiger partial charge in [0.2, 0.25) is 0 Å². The molecule has 27 heavy (non-hydrogen) atoms. The van der Waals surface area contributed by atoms with Crippen molar-refractivity contribution in [2.24, 2.45) is 5.92 Å². The summed E-state index contributed by atoms with van der Waals surface area (Å²) in [5.41, 5.74) is 0.544. The molecule has 6 nitrogen and oxygen atoms in total. The number of nitriles is 1. The smallest absolute Gasteiger partial charge is 0.251 e. The van der Waals surface area contributed by atoms with Crippen LogP contribution in [-0.4, -0.2) is 20.9 Å². The quantitative estimate of drug-likeness (QED) is 0.877. The maximum Gasteiger partial charge on any atom is 0.251 e. The average Bonchev–Trinajstić information content (AvgIpc) is 3.36. The van der Waals surface area contributed by atoms with Gasteiger partial charge in [0.15, 0.2) is 5.54 Å². The van der Waals surface area contributed by atoms with Crippen LogP contribution in [0.2, 0.25) is 0 Å². The highest BCUT2D eigenvalue weighted by atomic mass is 19.1. The van der Waals surface area contributed by atoms with Gasteiger partial charge in [-0.25, -0.2) is 9.07 Å². The van der Waals surface area contributed by atoms with Gasteiger partial charge in [0, 0.05) is 5.56 Å². The Morgan fingerprint density at radius 3 is 2.59 bits per heavy atom. The first-order valence-electron chi connectivity index (χ1n) is 9.52. The van der Waals surface area contributed by atoms with Gasteiger partial charge >= 0.3 is 0 Å². The Labute approximate surface area is 157 Å². The number of carbonyl (C=O) groups excluding carboxylic acids is 1. The van der Waals surface area contributed by atoms with Crippen molar-refractivity contribution in [1.82, 2.24) is 20.3 Å². The molecule has 1 amide bonds. The third-order valence-corrected chi connectivity index (χ3v) is 5.71. The van der Waals surface area contributed by atoms with E-state index in [-0.39, 0.29) is 23.7 Å². The minimum Gasteiger partial charge on any atom is -0.343 e. The monoisotopic (exact) mass is 367 g/mol. The van der Waals surface area contributed by atoms with Gasteiger partial charge in [0.1, 0.15) is 11.5 Å². The molecule has 2 aromatic rings. The summed E-state index contributed by atoms with van der Waals surface area (Å²) in [6, 6.07) is 7.58. The Kier molecular flexibility index (Phi) is 4.65. The molecule has 7 heteroatoms. The zero-order chi connectivity index (χ0) is 18.9. The van der Waals surface area contributed by atoms with Crippen LogP contribution in [0, 0.1) is 23.1 Å². The van der Waals surface area contributed by atoms with Gasteiger partial charge < -0.3 is 5.32 Å². The summed E-state index contributed by atoms with van der Waals surface area (Å²) in [5.74, 6) is -0.336. The molecule has 1 N–H and O–H groups in total. The zero-order valence-electron chi connectivity index (χ0n) is 15.1. The Morgan fingerprint density at radius 1 is 1.26 bits per heavy atom. The molecule has 0 aliphatic heterocycles. The molecular formula is C20H22FN5O. The fraction of sp³-hybridized carbons (Fsp3) is 0.500. The normalized spacial score (nSPS) is 19.9. The molecule has 4 rings (SSSR count). The Morgan fingerprint density at radius 2 is 1.96 bits per heavy atom. The fourth-order valence-corrected chi connectivity index (χ4v) is 3.87. The molecule has 0 unspecified atom stereocenters. The summed E-state index contributed by atoms with van der Waals surface area (Å²) in [4.78, 5) is 12.7. The maximum absolute atomic E-state index is 13.1. The molecule has 2 saturated carbocycles. The number of nitrogens with zero attached hydrogens (tertiary/aromatic N) is 4. The average molecular weight is 367 g/mol. The van der Waals surface area contributed by atoms with Crippen molar-refractivity contribution in [2.75, 3.05) is 0 Å². The number of nitrogens with one attached hydrogen (secondary N) is 1. The first kappa shape index (κ1) is 17.7. The minimum absolute atomic E-state index is 0.249. The molecule has 0 bridgehead atoms. The lowest BCUT2D eigenvalue weighted by atomic mass is 9.82. The van der Waals surface area contributed by atoms with Crippen LogP contribution < -0.4 is 5.32 Å². The molecule has 2 aliphatic rings. The zero-order valence-corrected chi connectivity index (χ0v) is 15.1. The van der Waals surface area contributed by atoms with E-state index in [4.69, 9.17) is 0 Å². The lowest BCUT2D eigenvalue weighted by Gasteiger charge is -2.29. The van der Waals surface area contributed by atoms with Crippen LogP contribution in [0.5, 0.6) is 0 Å². The van der Waals surface area contributed by atoms with Crippen LogP contribution in [0.4, 0.5) is 4.39 Å². The van der Waals surface area contributed by atoms with Crippen molar-refractivity contribution < 1.29 is 9.18 Å². The lowest BCUT2D eigenvalue weighted by Crippen LogP contribution is -2.34. The van der Waals surface area contributed by atoms with Crippen molar-refractivity contribution >= 4 is 5.91 Å². The number of benzene rings is 1. The Hall–Kier alpha value is -2.75. The second kappa shape index (κ2) is 7.10. The molecule has 1 aromatic heterocycles. The molecular weight excluding hydrogens is 345 g/mol. The summed E-state index contributed by atoms with van der Waals surface area (Å²) < 4.78 is 14.8. The van der Waals surface area contributed by atoms with E-state index < -0.39 is 5.54 Å². The molecule has 0 radical (unpaired) electrons. The van der Waals surface area contributed by atoms with Crippen LogP contribution in [-0.2, 0) is 5.54 Å².